The summed E-state index contributed by atoms with van der Waals surface area (Å²) < 4.78 is 5.32. The average Bonchev–Trinajstić information content (AvgIpc) is 2.46. The summed E-state index contributed by atoms with van der Waals surface area (Å²) in [4.78, 5) is 12.1. The summed E-state index contributed by atoms with van der Waals surface area (Å²) in [6.45, 7) is 4.43. The number of nitrogens with zero attached hydrogens (tertiary/aromatic N) is 1. The molecule has 4 N–H and O–H groups in total. The van der Waals surface area contributed by atoms with Gasteiger partial charge in [0.05, 0.1) is 12.5 Å². The molecule has 1 rings (SSSR count). The molecular formula is C14H21N3O3. The predicted molar refractivity (Wildman–Crippen MR) is 78.0 cm³/mol. The van der Waals surface area contributed by atoms with E-state index in [0.29, 0.717) is 18.7 Å². The highest BCUT2D eigenvalue weighted by Gasteiger charge is 2.22. The molecule has 0 heterocycles. The maximum atomic E-state index is 12.1. The largest absolute Gasteiger partial charge is 0.494 e. The summed E-state index contributed by atoms with van der Waals surface area (Å²) in [7, 11) is 0. The fraction of sp³-hybridized carbons (Fsp3) is 0.429. The molecule has 0 spiro atoms. The van der Waals surface area contributed by atoms with Crippen LogP contribution in [0.2, 0.25) is 0 Å². The van der Waals surface area contributed by atoms with Crippen LogP contribution in [-0.2, 0) is 4.79 Å². The molecule has 6 heteroatoms. The van der Waals surface area contributed by atoms with Crippen LogP contribution in [-0.4, -0.2) is 23.6 Å². The van der Waals surface area contributed by atoms with Gasteiger partial charge in [-0.05, 0) is 37.6 Å². The molecule has 0 aliphatic rings. The number of oxime groups is 1. The Kier molecular flexibility index (Phi) is 6.36. The number of carbonyl (C=O) groups is 1. The lowest BCUT2D eigenvalue weighted by atomic mass is 10.0. The van der Waals surface area contributed by atoms with E-state index in [2.05, 4.69) is 10.5 Å². The molecule has 0 saturated carbocycles. The van der Waals surface area contributed by atoms with Gasteiger partial charge in [0.1, 0.15) is 5.75 Å². The highest BCUT2D eigenvalue weighted by atomic mass is 16.5. The van der Waals surface area contributed by atoms with Gasteiger partial charge in [0, 0.05) is 5.69 Å². The SMILES string of the molecule is CCCC(C(=O)Nc1ccc(OCC)cc1)C(N)=NO. The van der Waals surface area contributed by atoms with Crippen molar-refractivity contribution in [2.45, 2.75) is 26.7 Å². The van der Waals surface area contributed by atoms with Crippen LogP contribution in [0.4, 0.5) is 5.69 Å². The number of rotatable bonds is 7. The van der Waals surface area contributed by atoms with Crippen molar-refractivity contribution in [1.82, 2.24) is 0 Å². The summed E-state index contributed by atoms with van der Waals surface area (Å²) >= 11 is 0. The van der Waals surface area contributed by atoms with Gasteiger partial charge in [-0.25, -0.2) is 0 Å². The van der Waals surface area contributed by atoms with Gasteiger partial charge in [-0.15, -0.1) is 0 Å². The molecule has 110 valence electrons. The lowest BCUT2D eigenvalue weighted by molar-refractivity contribution is -0.118. The van der Waals surface area contributed by atoms with Gasteiger partial charge in [0.2, 0.25) is 5.91 Å². The number of ether oxygens (including phenoxy) is 1. The minimum atomic E-state index is -0.628. The van der Waals surface area contributed by atoms with Crippen molar-refractivity contribution >= 4 is 17.4 Å². The van der Waals surface area contributed by atoms with E-state index in [4.69, 9.17) is 15.7 Å². The molecular weight excluding hydrogens is 258 g/mol. The fourth-order valence-corrected chi connectivity index (χ4v) is 1.80. The molecule has 0 saturated heterocycles. The summed E-state index contributed by atoms with van der Waals surface area (Å²) in [5, 5.41) is 14.4. The minimum Gasteiger partial charge on any atom is -0.494 e. The molecule has 1 atom stereocenters. The summed E-state index contributed by atoms with van der Waals surface area (Å²) in [5.41, 5.74) is 6.18. The molecule has 0 aromatic heterocycles. The molecule has 0 fully saturated rings. The predicted octanol–water partition coefficient (Wildman–Crippen LogP) is 2.19. The normalized spacial score (nSPS) is 12.8. The van der Waals surface area contributed by atoms with Crippen LogP contribution >= 0.6 is 0 Å². The number of hydrogen-bond acceptors (Lipinski definition) is 4. The number of benzene rings is 1. The third-order valence-electron chi connectivity index (χ3n) is 2.80. The zero-order chi connectivity index (χ0) is 15.0. The van der Waals surface area contributed by atoms with Crippen LogP contribution in [0.1, 0.15) is 26.7 Å². The number of carbonyl (C=O) groups excluding carboxylic acids is 1. The Bertz CT molecular complexity index is 457. The third kappa shape index (κ3) is 4.46. The number of nitrogens with one attached hydrogen (secondary N) is 1. The first-order valence-corrected chi connectivity index (χ1v) is 6.63. The minimum absolute atomic E-state index is 0.0738. The summed E-state index contributed by atoms with van der Waals surface area (Å²) in [5.74, 6) is -0.245. The van der Waals surface area contributed by atoms with Crippen molar-refractivity contribution < 1.29 is 14.7 Å². The van der Waals surface area contributed by atoms with Crippen LogP contribution in [0.5, 0.6) is 5.75 Å². The standard InChI is InChI=1S/C14H21N3O3/c1-3-5-12(13(15)17-19)14(18)16-10-6-8-11(9-7-10)20-4-2/h6-9,12,19H,3-5H2,1-2H3,(H2,15,17)(H,16,18). The number of nitrogens with two attached hydrogens (primary N) is 1. The molecule has 1 amide bonds. The highest BCUT2D eigenvalue weighted by Crippen LogP contribution is 2.17. The van der Waals surface area contributed by atoms with Gasteiger partial charge < -0.3 is 21.0 Å². The van der Waals surface area contributed by atoms with E-state index in [1.54, 1.807) is 24.3 Å². The maximum Gasteiger partial charge on any atom is 0.235 e. The second kappa shape index (κ2) is 8.04. The van der Waals surface area contributed by atoms with E-state index in [9.17, 15) is 4.79 Å². The second-order valence-electron chi connectivity index (χ2n) is 4.31. The van der Waals surface area contributed by atoms with E-state index in [-0.39, 0.29) is 11.7 Å². The summed E-state index contributed by atoms with van der Waals surface area (Å²) in [6, 6.07) is 7.05. The lowest BCUT2D eigenvalue weighted by Crippen LogP contribution is -2.34. The Hall–Kier alpha value is -2.24. The van der Waals surface area contributed by atoms with E-state index < -0.39 is 5.92 Å². The average molecular weight is 279 g/mol. The molecule has 0 bridgehead atoms. The number of amidine groups is 1. The monoisotopic (exact) mass is 279 g/mol. The number of anilines is 1. The Balaban J connectivity index is 2.72. The van der Waals surface area contributed by atoms with Gasteiger partial charge in [-0.3, -0.25) is 4.79 Å². The first-order chi connectivity index (χ1) is 9.62. The Morgan fingerprint density at radius 3 is 2.55 bits per heavy atom. The Morgan fingerprint density at radius 2 is 2.05 bits per heavy atom. The van der Waals surface area contributed by atoms with Crippen molar-refractivity contribution in [1.29, 1.82) is 0 Å². The number of amides is 1. The molecule has 6 nitrogen and oxygen atoms in total. The molecule has 1 aromatic rings. The molecule has 0 aliphatic carbocycles. The van der Waals surface area contributed by atoms with Crippen LogP contribution in [0.3, 0.4) is 0 Å². The van der Waals surface area contributed by atoms with Crippen molar-refractivity contribution in [2.75, 3.05) is 11.9 Å². The van der Waals surface area contributed by atoms with Gasteiger partial charge in [-0.1, -0.05) is 18.5 Å². The zero-order valence-electron chi connectivity index (χ0n) is 11.8. The molecule has 0 aliphatic heterocycles. The van der Waals surface area contributed by atoms with Crippen molar-refractivity contribution in [2.24, 2.45) is 16.8 Å². The third-order valence-corrected chi connectivity index (χ3v) is 2.80. The fourth-order valence-electron chi connectivity index (χ4n) is 1.80. The quantitative estimate of drug-likeness (QED) is 0.308. The number of hydrogen-bond donors (Lipinski definition) is 3. The van der Waals surface area contributed by atoms with E-state index in [1.807, 2.05) is 13.8 Å². The van der Waals surface area contributed by atoms with Crippen LogP contribution in [0.15, 0.2) is 29.4 Å². The Morgan fingerprint density at radius 1 is 1.40 bits per heavy atom. The first kappa shape index (κ1) is 15.8. The lowest BCUT2D eigenvalue weighted by Gasteiger charge is -2.14. The molecule has 0 radical (unpaired) electrons. The molecule has 1 aromatic carbocycles. The van der Waals surface area contributed by atoms with Gasteiger partial charge >= 0.3 is 0 Å². The van der Waals surface area contributed by atoms with Crippen LogP contribution in [0, 0.1) is 5.92 Å². The van der Waals surface area contributed by atoms with Gasteiger partial charge in [0.25, 0.3) is 0 Å². The zero-order valence-corrected chi connectivity index (χ0v) is 11.8. The van der Waals surface area contributed by atoms with Crippen LogP contribution in [0.25, 0.3) is 0 Å². The van der Waals surface area contributed by atoms with Gasteiger partial charge in [-0.2, -0.15) is 0 Å². The smallest absolute Gasteiger partial charge is 0.235 e. The second-order valence-corrected chi connectivity index (χ2v) is 4.31. The Labute approximate surface area is 118 Å². The topological polar surface area (TPSA) is 96.9 Å². The maximum absolute atomic E-state index is 12.1. The van der Waals surface area contributed by atoms with Gasteiger partial charge in [0.15, 0.2) is 5.84 Å². The van der Waals surface area contributed by atoms with E-state index in [1.165, 1.54) is 0 Å². The van der Waals surface area contributed by atoms with E-state index >= 15 is 0 Å². The highest BCUT2D eigenvalue weighted by molar-refractivity contribution is 6.07. The van der Waals surface area contributed by atoms with Crippen molar-refractivity contribution in [3.05, 3.63) is 24.3 Å². The molecule has 1 unspecified atom stereocenters. The van der Waals surface area contributed by atoms with Crippen molar-refractivity contribution in [3.63, 3.8) is 0 Å². The van der Waals surface area contributed by atoms with E-state index in [0.717, 1.165) is 12.2 Å². The molecule has 20 heavy (non-hydrogen) atoms. The first-order valence-electron chi connectivity index (χ1n) is 6.63. The van der Waals surface area contributed by atoms with Crippen molar-refractivity contribution in [3.8, 4) is 5.75 Å². The van der Waals surface area contributed by atoms with Crippen LogP contribution < -0.4 is 15.8 Å². The summed E-state index contributed by atoms with van der Waals surface area (Å²) in [6.07, 6.45) is 1.29.